The number of aromatic nitrogens is 8. The van der Waals surface area contributed by atoms with E-state index in [9.17, 15) is 16.8 Å². The fraction of sp³-hybridized carbons (Fsp3) is 0.303. The molecule has 0 amide bonds. The third kappa shape index (κ3) is 22.3. The van der Waals surface area contributed by atoms with Crippen LogP contribution in [0.25, 0.3) is 34.2 Å². The molecule has 0 unspecified atom stereocenters. The molecular formula is C89H100BCl3N10O10P2Pd2S2. The molecule has 3 fully saturated rings. The van der Waals surface area contributed by atoms with Gasteiger partial charge in [-0.2, -0.15) is 4.98 Å². The van der Waals surface area contributed by atoms with Crippen LogP contribution in [0.5, 0.6) is 11.5 Å². The van der Waals surface area contributed by atoms with Crippen LogP contribution in [0.2, 0.25) is 5.28 Å². The second-order valence-electron chi connectivity index (χ2n) is 30.5. The largest absolute Gasteiger partial charge is 0.0622 e. The molecular weight excluding hydrogens is 1830 g/mol. The van der Waals surface area contributed by atoms with Crippen molar-refractivity contribution in [3.05, 3.63) is 272 Å². The van der Waals surface area contributed by atoms with E-state index in [0.29, 0.717) is 80.0 Å². The predicted molar refractivity (Wildman–Crippen MR) is 480 cm³/mol. The van der Waals surface area contributed by atoms with Crippen LogP contribution in [0.4, 0.5) is 11.6 Å². The number of fused-ring (bicyclic) bond motifs is 6. The zero-order valence-corrected chi connectivity index (χ0v) is 76.3. The first kappa shape index (κ1) is 93.7. The Kier molecular flexibility index (Phi) is 32.7. The molecule has 0 radical (unpaired) electrons. The third-order valence-electron chi connectivity index (χ3n) is 21.3. The van der Waals surface area contributed by atoms with Crippen molar-refractivity contribution < 1.29 is 81.5 Å². The summed E-state index contributed by atoms with van der Waals surface area (Å²) in [6.07, 6.45) is 9.44. The zero-order valence-electron chi connectivity index (χ0n) is 67.5. The Morgan fingerprint density at radius 1 is 0.462 bits per heavy atom. The van der Waals surface area contributed by atoms with E-state index in [2.05, 4.69) is 256 Å². The maximum atomic E-state index is 12.8. The number of halogens is 3. The first-order chi connectivity index (χ1) is 56.0. The number of aromatic amines is 2. The molecule has 632 valence electrons. The fourth-order valence-electron chi connectivity index (χ4n) is 13.7. The van der Waals surface area contributed by atoms with Crippen LogP contribution in [0.15, 0.2) is 255 Å². The third-order valence-corrected chi connectivity index (χ3v) is 30.4. The number of sulfone groups is 2. The summed E-state index contributed by atoms with van der Waals surface area (Å²) in [4.78, 5) is 37.1. The molecule has 0 spiro atoms. The molecule has 2 N–H and O–H groups in total. The Balaban J connectivity index is 0.000000157. The van der Waals surface area contributed by atoms with Gasteiger partial charge in [0.05, 0.1) is 61.8 Å². The Bertz CT molecular complexity index is 5120. The number of benzene rings is 8. The van der Waals surface area contributed by atoms with E-state index in [4.69, 9.17) is 68.9 Å². The molecule has 119 heavy (non-hydrogen) atoms. The van der Waals surface area contributed by atoms with Crippen LogP contribution >= 0.6 is 46.5 Å². The first-order valence-electron chi connectivity index (χ1n) is 38.2. The van der Waals surface area contributed by atoms with Crippen molar-refractivity contribution in [1.29, 1.82) is 0 Å². The minimum absolute atomic E-state index is 0. The van der Waals surface area contributed by atoms with Gasteiger partial charge < -0.3 is 48.0 Å². The standard InChI is InChI=1S/C23H27N5O4S.2C18H15P.C15H19BN2O2.C14H20ClN3O4S.CH4.2ClH.2Pd/c1-14-11-31-12-17-13-32-18-19(23(2,3)33(4,29)30)26-21(27-22(18)28(14)17)16-7-5-15(6-8-16)20-24-9-10-25-20;2*1-4-10-16(11-5-1)19(17-12-6-2-7-13-17)18-14-8-3-9-15-18;1-14(2)15(3,4)20-16(19-14)12-7-5-11(6-8-12)13-17-9-10-18-13;1-8-5-21-6-9-7-22-10-11(14(2,3)23(4,19)20)16-13(15)17-12(10)18(8)9;;;;;/h5-10,14,17H,11-13H2,1-4H3,(H,24,25);2*1-15H;5-10H,1-4H3,(H,17,18);8-9H,5-7H2,1-4H3;1H4;2*1H;;/q;;;;;;;;;+2/p-2/t14-,17+;;;;8-,9+;;;;;/m1...1...../s1. The number of anilines is 2. The summed E-state index contributed by atoms with van der Waals surface area (Å²) >= 11 is 5.98. The summed E-state index contributed by atoms with van der Waals surface area (Å²) in [7, 11) is 1.51. The number of nitrogens with one attached hydrogen (secondary N) is 2. The molecule has 30 heteroatoms. The van der Waals surface area contributed by atoms with Crippen molar-refractivity contribution >= 4 is 122 Å². The van der Waals surface area contributed by atoms with Crippen molar-refractivity contribution in [1.82, 2.24) is 39.9 Å². The molecule has 3 saturated heterocycles. The van der Waals surface area contributed by atoms with Gasteiger partial charge in [0, 0.05) is 74.4 Å². The molecule has 0 saturated carbocycles. The summed E-state index contributed by atoms with van der Waals surface area (Å²) in [5.41, 5.74) is 3.85. The van der Waals surface area contributed by atoms with Gasteiger partial charge in [-0.05, 0) is 134 Å². The van der Waals surface area contributed by atoms with E-state index in [0.717, 1.165) is 33.8 Å². The number of H-pyrrole nitrogens is 2. The monoisotopic (exact) mass is 1920 g/mol. The number of hydrogen-bond acceptors (Lipinski definition) is 18. The Morgan fingerprint density at radius 2 is 0.773 bits per heavy atom. The van der Waals surface area contributed by atoms with Crippen LogP contribution in [-0.4, -0.2) is 151 Å². The van der Waals surface area contributed by atoms with Gasteiger partial charge in [0.1, 0.15) is 45.7 Å². The molecule has 5 aliphatic heterocycles. The van der Waals surface area contributed by atoms with Gasteiger partial charge >= 0.3 is 42.1 Å². The van der Waals surface area contributed by atoms with Gasteiger partial charge in [0.25, 0.3) is 0 Å². The number of imidazole rings is 2. The number of hydrogen-bond donors (Lipinski definition) is 2. The van der Waals surface area contributed by atoms with Crippen molar-refractivity contribution in [2.45, 2.75) is 122 Å². The van der Waals surface area contributed by atoms with Gasteiger partial charge in [-0.3, -0.25) is 0 Å². The molecule has 0 aliphatic carbocycles. The Hall–Kier alpha value is -7.60. The normalized spacial score (nSPS) is 17.5. The molecule has 4 aromatic heterocycles. The van der Waals surface area contributed by atoms with E-state index < -0.39 is 45.0 Å². The number of ether oxygens (including phenoxy) is 4. The van der Waals surface area contributed by atoms with Gasteiger partial charge in [-0.25, -0.2) is 41.8 Å². The fourth-order valence-corrected chi connectivity index (χ4v) is 19.4. The predicted octanol–water partition coefficient (Wildman–Crippen LogP) is 15.5. The summed E-state index contributed by atoms with van der Waals surface area (Å²) in [5, 5.41) is 8.40. The molecule has 12 aromatic rings. The first-order valence-corrected chi connectivity index (χ1v) is 49.0. The zero-order chi connectivity index (χ0) is 83.3. The minimum Gasteiger partial charge on any atom is -0.0622 e. The van der Waals surface area contributed by atoms with Crippen LogP contribution in [0.3, 0.4) is 0 Å². The number of rotatable bonds is 14. The van der Waals surface area contributed by atoms with Crippen molar-refractivity contribution in [2.24, 2.45) is 0 Å². The van der Waals surface area contributed by atoms with Gasteiger partial charge in [0.2, 0.25) is 5.28 Å². The van der Waals surface area contributed by atoms with Gasteiger partial charge in [0.15, 0.2) is 48.6 Å². The molecule has 8 aromatic carbocycles. The van der Waals surface area contributed by atoms with Crippen molar-refractivity contribution in [3.8, 4) is 45.7 Å². The molecule has 5 aliphatic rings. The van der Waals surface area contributed by atoms with Crippen LogP contribution in [-0.2, 0) is 84.3 Å². The Labute approximate surface area is 738 Å². The van der Waals surface area contributed by atoms with Crippen LogP contribution in [0.1, 0.15) is 88.1 Å². The van der Waals surface area contributed by atoms with E-state index >= 15 is 0 Å². The second kappa shape index (κ2) is 41.5. The average Bonchev–Trinajstić information content (AvgIpc) is 1.63. The quantitative estimate of drug-likeness (QED) is 0.0584. The second-order valence-corrected chi connectivity index (χ2v) is 42.8. The minimum atomic E-state index is -3.49. The SMILES string of the molecule is C.CC1(C)OB(c2ccc(-c3ncc[nH]3)cc2)OC1(C)C.C[C@@H]1COC[C@H]2COc3c(nc(-c4ccc(-c5ncc[nH]5)cc4)nc3C(C)(C)S(C)(=O)=O)N21.C[C@@H]1COC[C@H]2COc3c(nc(Cl)nc3C(C)(C)S(C)(=O)=O)N21.[Cl][Pd][Cl].[Pd].c1ccc(P(c2ccccc2)c2ccccc2)cc1.c1ccc(P(c2ccccc2)c2ccccc2)cc1. The maximum absolute atomic E-state index is 12.8. The summed E-state index contributed by atoms with van der Waals surface area (Å²) in [6, 6.07) is 80.7. The summed E-state index contributed by atoms with van der Waals surface area (Å²) in [6.45, 7) is 21.9. The van der Waals surface area contributed by atoms with Gasteiger partial charge in [-0.15, -0.1) is 0 Å². The number of morpholine rings is 2. The van der Waals surface area contributed by atoms with E-state index in [1.165, 1.54) is 44.3 Å². The molecule has 0 bridgehead atoms. The molecule has 4 atom stereocenters. The topological polar surface area (TPSA) is 239 Å². The van der Waals surface area contributed by atoms with Crippen LogP contribution in [0, 0.1) is 0 Å². The number of nitrogens with zero attached hydrogens (tertiary/aromatic N) is 8. The van der Waals surface area contributed by atoms with Gasteiger partial charge in [-0.1, -0.05) is 238 Å². The smallest absolute Gasteiger partial charge is 0 e. The van der Waals surface area contributed by atoms with Crippen molar-refractivity contribution in [2.75, 3.05) is 62.0 Å². The summed E-state index contributed by atoms with van der Waals surface area (Å²) < 4.78 is 82.7. The van der Waals surface area contributed by atoms with Crippen LogP contribution < -0.4 is 56.6 Å². The van der Waals surface area contributed by atoms with Crippen molar-refractivity contribution in [3.63, 3.8) is 0 Å². The van der Waals surface area contributed by atoms with E-state index in [1.807, 2.05) is 61.7 Å². The molecule has 17 rings (SSSR count). The van der Waals surface area contributed by atoms with E-state index in [-0.39, 0.29) is 91.6 Å². The average molecular weight is 1930 g/mol. The Morgan fingerprint density at radius 3 is 1.09 bits per heavy atom. The molecule has 20 nitrogen and oxygen atoms in total. The summed E-state index contributed by atoms with van der Waals surface area (Å²) in [5.74, 6) is 4.09. The maximum Gasteiger partial charge on any atom is 0 e. The molecule has 9 heterocycles. The van der Waals surface area contributed by atoms with E-state index in [1.54, 1.807) is 46.3 Å².